The van der Waals surface area contributed by atoms with Crippen molar-refractivity contribution >= 4 is 23.4 Å². The van der Waals surface area contributed by atoms with E-state index in [1.54, 1.807) is 15.9 Å². The van der Waals surface area contributed by atoms with E-state index in [4.69, 9.17) is 5.73 Å². The van der Waals surface area contributed by atoms with E-state index < -0.39 is 17.7 Å². The van der Waals surface area contributed by atoms with Gasteiger partial charge >= 0.3 is 11.8 Å². The van der Waals surface area contributed by atoms with Crippen LogP contribution < -0.4 is 11.1 Å². The number of aromatic nitrogens is 4. The van der Waals surface area contributed by atoms with E-state index in [0.717, 1.165) is 24.0 Å². The second-order valence-corrected chi connectivity index (χ2v) is 8.27. The fraction of sp³-hybridized carbons (Fsp3) is 0.304. The zero-order valence-corrected chi connectivity index (χ0v) is 18.2. The molecule has 0 aliphatic carbocycles. The summed E-state index contributed by atoms with van der Waals surface area (Å²) >= 11 is 0. The van der Waals surface area contributed by atoms with Gasteiger partial charge in [0.05, 0.1) is 30.0 Å². The summed E-state index contributed by atoms with van der Waals surface area (Å²) in [4.78, 5) is 46.7. The summed E-state index contributed by atoms with van der Waals surface area (Å²) in [5.41, 5.74) is 7.69. The largest absolute Gasteiger partial charge is 0.366 e. The molecule has 10 heteroatoms. The van der Waals surface area contributed by atoms with Crippen molar-refractivity contribution in [2.75, 3.05) is 11.9 Å². The number of anilines is 1. The molecule has 1 saturated heterocycles. The number of nitrogens with two attached hydrogens (primary N) is 1. The molecule has 10 nitrogen and oxygen atoms in total. The first-order valence-electron chi connectivity index (χ1n) is 10.7. The number of amides is 3. The predicted octanol–water partition coefficient (Wildman–Crippen LogP) is 1.76. The minimum absolute atomic E-state index is 0.149. The molecule has 1 aliphatic rings. The van der Waals surface area contributed by atoms with Crippen molar-refractivity contribution in [3.05, 3.63) is 72.1 Å². The quantitative estimate of drug-likeness (QED) is 0.572. The smallest absolute Gasteiger partial charge is 0.313 e. The van der Waals surface area contributed by atoms with Crippen molar-refractivity contribution in [1.29, 1.82) is 0 Å². The zero-order chi connectivity index (χ0) is 23.4. The van der Waals surface area contributed by atoms with Gasteiger partial charge in [0.2, 0.25) is 5.91 Å². The molecule has 2 aromatic heterocycles. The maximum absolute atomic E-state index is 13.1. The number of likely N-dealkylation sites (tertiary alicyclic amines) is 1. The number of hydrogen-bond acceptors (Lipinski definition) is 6. The molecule has 4 rings (SSSR count). The molecule has 0 unspecified atom stereocenters. The zero-order valence-electron chi connectivity index (χ0n) is 18.2. The number of hydrogen-bond donors (Lipinski definition) is 2. The second-order valence-electron chi connectivity index (χ2n) is 8.27. The van der Waals surface area contributed by atoms with E-state index >= 15 is 0 Å². The monoisotopic (exact) mass is 447 g/mol. The van der Waals surface area contributed by atoms with Crippen molar-refractivity contribution in [3.8, 4) is 0 Å². The first-order valence-corrected chi connectivity index (χ1v) is 10.7. The third-order valence-electron chi connectivity index (χ3n) is 5.73. The number of primary amides is 1. The van der Waals surface area contributed by atoms with Crippen LogP contribution in [0.25, 0.3) is 0 Å². The third-order valence-corrected chi connectivity index (χ3v) is 5.73. The Morgan fingerprint density at radius 2 is 1.91 bits per heavy atom. The van der Waals surface area contributed by atoms with Gasteiger partial charge in [-0.2, -0.15) is 5.10 Å². The summed E-state index contributed by atoms with van der Waals surface area (Å²) in [5.74, 6) is -1.78. The number of piperidine rings is 1. The highest BCUT2D eigenvalue weighted by molar-refractivity contribution is 6.39. The van der Waals surface area contributed by atoms with Crippen LogP contribution in [0, 0.1) is 5.92 Å². The molecule has 1 fully saturated rings. The van der Waals surface area contributed by atoms with Gasteiger partial charge in [-0.15, -0.1) is 0 Å². The number of carbonyl (C=O) groups excluding carboxylic acids is 3. The lowest BCUT2D eigenvalue weighted by atomic mass is 9.89. The lowest BCUT2D eigenvalue weighted by molar-refractivity contribution is -0.146. The summed E-state index contributed by atoms with van der Waals surface area (Å²) in [7, 11) is 0. The number of rotatable bonds is 5. The van der Waals surface area contributed by atoms with Gasteiger partial charge in [0.15, 0.2) is 0 Å². The summed E-state index contributed by atoms with van der Waals surface area (Å²) < 4.78 is 1.74. The van der Waals surface area contributed by atoms with Crippen LogP contribution in [0.1, 0.15) is 47.3 Å². The van der Waals surface area contributed by atoms with Gasteiger partial charge in [-0.1, -0.05) is 31.2 Å². The highest BCUT2D eigenvalue weighted by atomic mass is 16.2. The summed E-state index contributed by atoms with van der Waals surface area (Å²) in [5, 5.41) is 6.65. The van der Waals surface area contributed by atoms with Gasteiger partial charge in [-0.25, -0.2) is 9.67 Å². The number of nitrogens with one attached hydrogen (secondary N) is 1. The highest BCUT2D eigenvalue weighted by Crippen LogP contribution is 2.33. The molecule has 0 radical (unpaired) electrons. The Kier molecular flexibility index (Phi) is 6.43. The molecular formula is C23H25N7O3. The van der Waals surface area contributed by atoms with Crippen LogP contribution in [0.2, 0.25) is 0 Å². The molecule has 3 N–H and O–H groups in total. The Labute approximate surface area is 190 Å². The van der Waals surface area contributed by atoms with Gasteiger partial charge < -0.3 is 16.0 Å². The van der Waals surface area contributed by atoms with Crippen LogP contribution in [0.15, 0.2) is 55.4 Å². The lowest BCUT2D eigenvalue weighted by Crippen LogP contribution is -2.46. The van der Waals surface area contributed by atoms with Crippen LogP contribution in [-0.4, -0.2) is 48.9 Å². The second kappa shape index (κ2) is 9.60. The summed E-state index contributed by atoms with van der Waals surface area (Å²) in [6, 6.07) is 9.17. The third kappa shape index (κ3) is 5.22. The minimum Gasteiger partial charge on any atom is -0.366 e. The molecule has 2 atom stereocenters. The fourth-order valence-electron chi connectivity index (χ4n) is 4.03. The Morgan fingerprint density at radius 3 is 2.61 bits per heavy atom. The molecule has 1 aromatic carbocycles. The molecule has 170 valence electrons. The van der Waals surface area contributed by atoms with Gasteiger partial charge in [0.1, 0.15) is 12.7 Å². The maximum Gasteiger partial charge on any atom is 0.313 e. The number of carbonyl (C=O) groups is 3. The average Bonchev–Trinajstić information content (AvgIpc) is 3.32. The van der Waals surface area contributed by atoms with Gasteiger partial charge in [0.25, 0.3) is 0 Å². The van der Waals surface area contributed by atoms with Gasteiger partial charge in [0, 0.05) is 12.7 Å². The number of benzene rings is 1. The van der Waals surface area contributed by atoms with Crippen molar-refractivity contribution in [1.82, 2.24) is 24.6 Å². The normalized spacial score (nSPS) is 18.0. The molecular weight excluding hydrogens is 422 g/mol. The molecule has 0 bridgehead atoms. The van der Waals surface area contributed by atoms with Crippen molar-refractivity contribution in [2.24, 2.45) is 11.7 Å². The standard InChI is InChI=1S/C23H25N7O3/c1-15-2-7-20(17-5-3-16(4-6-17)12-29-14-26-13-27-29)30(11-15)23(33)22(32)28-19-8-18(21(24)31)9-25-10-19/h3-6,8-10,13-15,20H,2,7,11-12H2,1H3,(H2,24,31)(H,28,32)/t15-,20+/m1/s1. The molecule has 3 amide bonds. The van der Waals surface area contributed by atoms with Crippen molar-refractivity contribution in [3.63, 3.8) is 0 Å². The highest BCUT2D eigenvalue weighted by Gasteiger charge is 2.34. The van der Waals surface area contributed by atoms with Gasteiger partial charge in [-0.05, 0) is 36.0 Å². The molecule has 1 aliphatic heterocycles. The van der Waals surface area contributed by atoms with Gasteiger partial charge in [-0.3, -0.25) is 19.4 Å². The lowest BCUT2D eigenvalue weighted by Gasteiger charge is -2.38. The summed E-state index contributed by atoms with van der Waals surface area (Å²) in [6.07, 6.45) is 7.54. The van der Waals surface area contributed by atoms with Crippen molar-refractivity contribution in [2.45, 2.75) is 32.4 Å². The van der Waals surface area contributed by atoms with E-state index in [2.05, 4.69) is 27.3 Å². The molecule has 3 aromatic rings. The van der Waals surface area contributed by atoms with E-state index in [-0.39, 0.29) is 23.2 Å². The predicted molar refractivity (Wildman–Crippen MR) is 120 cm³/mol. The van der Waals surface area contributed by atoms with Crippen molar-refractivity contribution < 1.29 is 14.4 Å². The fourth-order valence-corrected chi connectivity index (χ4v) is 4.03. The van der Waals surface area contributed by atoms with E-state index in [9.17, 15) is 14.4 Å². The molecule has 33 heavy (non-hydrogen) atoms. The summed E-state index contributed by atoms with van der Waals surface area (Å²) in [6.45, 7) is 3.15. The van der Waals surface area contributed by atoms with E-state index in [1.165, 1.54) is 24.8 Å². The Bertz CT molecular complexity index is 1150. The van der Waals surface area contributed by atoms with Crippen LogP contribution in [-0.2, 0) is 16.1 Å². The first kappa shape index (κ1) is 22.1. The maximum atomic E-state index is 13.1. The van der Waals surface area contributed by atoms with Crippen LogP contribution in [0.4, 0.5) is 5.69 Å². The molecule has 0 spiro atoms. The first-order chi connectivity index (χ1) is 15.9. The Hall–Kier alpha value is -4.08. The topological polar surface area (TPSA) is 136 Å². The molecule has 0 saturated carbocycles. The minimum atomic E-state index is -0.777. The van der Waals surface area contributed by atoms with E-state index in [1.807, 2.05) is 24.3 Å². The average molecular weight is 447 g/mol. The van der Waals surface area contributed by atoms with Crippen LogP contribution in [0.3, 0.4) is 0 Å². The number of nitrogens with zero attached hydrogens (tertiary/aromatic N) is 5. The SMILES string of the molecule is C[C@@H]1CC[C@@H](c2ccc(Cn3cncn3)cc2)N(C(=O)C(=O)Nc2cncc(C(N)=O)c2)C1. The number of pyridine rings is 1. The Morgan fingerprint density at radius 1 is 1.12 bits per heavy atom. The van der Waals surface area contributed by atoms with E-state index in [0.29, 0.717) is 13.1 Å². The molecule has 3 heterocycles. The van der Waals surface area contributed by atoms with Crippen LogP contribution >= 0.6 is 0 Å². The van der Waals surface area contributed by atoms with Crippen LogP contribution in [0.5, 0.6) is 0 Å². The Balaban J connectivity index is 1.49.